The standard InChI is InChI=1S/C20H20N4O4/c1-13(25)24(9-10-28-2)18-17(23-12-14-11-21-7-8-22-14)19(26)15-5-3-4-6-16(15)20(18)27/h3-8,11,18H,9-10,12H2,1-2H3. The van der Waals surface area contributed by atoms with Crippen molar-refractivity contribution in [3.8, 4) is 0 Å². The number of ether oxygens (including phenoxy) is 1. The molecule has 0 radical (unpaired) electrons. The normalized spacial score (nSPS) is 17.5. The van der Waals surface area contributed by atoms with Gasteiger partial charge in [0.2, 0.25) is 11.7 Å². The van der Waals surface area contributed by atoms with E-state index in [0.717, 1.165) is 0 Å². The van der Waals surface area contributed by atoms with Crippen LogP contribution >= 0.6 is 0 Å². The second-order valence-corrected chi connectivity index (χ2v) is 6.24. The molecule has 144 valence electrons. The molecule has 28 heavy (non-hydrogen) atoms. The Kier molecular flexibility index (Phi) is 6.00. The van der Waals surface area contributed by atoms with Gasteiger partial charge < -0.3 is 9.64 Å². The maximum Gasteiger partial charge on any atom is 0.220 e. The molecule has 0 fully saturated rings. The topological polar surface area (TPSA) is 102 Å². The zero-order valence-electron chi connectivity index (χ0n) is 15.7. The summed E-state index contributed by atoms with van der Waals surface area (Å²) >= 11 is 0. The summed E-state index contributed by atoms with van der Waals surface area (Å²) in [5, 5.41) is 0. The number of amides is 1. The molecule has 8 nitrogen and oxygen atoms in total. The molecule has 3 rings (SSSR count). The maximum atomic E-state index is 13.2. The lowest BCUT2D eigenvalue weighted by Gasteiger charge is -2.33. The average Bonchev–Trinajstić information content (AvgIpc) is 2.71. The first kappa shape index (κ1) is 19.5. The number of hydrogen-bond acceptors (Lipinski definition) is 7. The van der Waals surface area contributed by atoms with Crippen molar-refractivity contribution in [3.05, 3.63) is 59.7 Å². The highest BCUT2D eigenvalue weighted by atomic mass is 16.5. The lowest BCUT2D eigenvalue weighted by molar-refractivity contribution is -0.129. The molecule has 0 N–H and O–H groups in total. The summed E-state index contributed by atoms with van der Waals surface area (Å²) < 4.78 is 5.06. The fraction of sp³-hybridized carbons (Fsp3) is 0.300. The molecular weight excluding hydrogens is 360 g/mol. The van der Waals surface area contributed by atoms with E-state index in [9.17, 15) is 14.4 Å². The lowest BCUT2D eigenvalue weighted by Crippen LogP contribution is -2.55. The van der Waals surface area contributed by atoms with E-state index in [1.165, 1.54) is 37.5 Å². The number of nitrogens with zero attached hydrogens (tertiary/aromatic N) is 4. The third kappa shape index (κ3) is 3.86. The van der Waals surface area contributed by atoms with Gasteiger partial charge in [-0.25, -0.2) is 0 Å². The van der Waals surface area contributed by atoms with Gasteiger partial charge in [-0.3, -0.25) is 29.3 Å². The molecule has 1 aliphatic rings. The number of ketones is 2. The van der Waals surface area contributed by atoms with E-state index in [2.05, 4.69) is 15.0 Å². The fourth-order valence-corrected chi connectivity index (χ4v) is 3.11. The van der Waals surface area contributed by atoms with Crippen LogP contribution in [0.25, 0.3) is 0 Å². The number of hydrogen-bond donors (Lipinski definition) is 0. The Morgan fingerprint density at radius 1 is 1.21 bits per heavy atom. The van der Waals surface area contributed by atoms with E-state index in [-0.39, 0.29) is 48.4 Å². The van der Waals surface area contributed by atoms with Crippen LogP contribution in [0, 0.1) is 0 Å². The largest absolute Gasteiger partial charge is 0.383 e. The highest BCUT2D eigenvalue weighted by molar-refractivity contribution is 6.55. The molecule has 0 saturated heterocycles. The van der Waals surface area contributed by atoms with Crippen molar-refractivity contribution < 1.29 is 19.1 Å². The minimum Gasteiger partial charge on any atom is -0.383 e. The third-order valence-corrected chi connectivity index (χ3v) is 4.46. The molecule has 1 atom stereocenters. The van der Waals surface area contributed by atoms with Crippen molar-refractivity contribution in [2.24, 2.45) is 4.99 Å². The van der Waals surface area contributed by atoms with Crippen LogP contribution in [0.4, 0.5) is 0 Å². The van der Waals surface area contributed by atoms with Gasteiger partial charge in [-0.05, 0) is 0 Å². The number of carbonyl (C=O) groups is 3. The number of aromatic nitrogens is 2. The first-order valence-corrected chi connectivity index (χ1v) is 8.78. The van der Waals surface area contributed by atoms with Gasteiger partial charge >= 0.3 is 0 Å². The van der Waals surface area contributed by atoms with Gasteiger partial charge in [-0.1, -0.05) is 24.3 Å². The van der Waals surface area contributed by atoms with Gasteiger partial charge in [0.15, 0.2) is 5.78 Å². The minimum atomic E-state index is -1.09. The van der Waals surface area contributed by atoms with Gasteiger partial charge in [0, 0.05) is 44.1 Å². The third-order valence-electron chi connectivity index (χ3n) is 4.46. The van der Waals surface area contributed by atoms with E-state index in [4.69, 9.17) is 4.74 Å². The highest BCUT2D eigenvalue weighted by Gasteiger charge is 2.42. The van der Waals surface area contributed by atoms with E-state index < -0.39 is 6.04 Å². The van der Waals surface area contributed by atoms with Gasteiger partial charge in [0.05, 0.1) is 25.0 Å². The predicted octanol–water partition coefficient (Wildman–Crippen LogP) is 1.36. The first-order valence-electron chi connectivity index (χ1n) is 8.78. The van der Waals surface area contributed by atoms with Crippen LogP contribution in [-0.4, -0.2) is 64.4 Å². The van der Waals surface area contributed by atoms with Gasteiger partial charge in [0.1, 0.15) is 11.8 Å². The Labute approximate surface area is 162 Å². The predicted molar refractivity (Wildman–Crippen MR) is 101 cm³/mol. The Bertz CT molecular complexity index is 927. The molecule has 1 amide bonds. The number of benzene rings is 1. The summed E-state index contributed by atoms with van der Waals surface area (Å²) in [7, 11) is 1.50. The van der Waals surface area contributed by atoms with Crippen molar-refractivity contribution in [1.29, 1.82) is 0 Å². The van der Waals surface area contributed by atoms with Gasteiger partial charge in [-0.2, -0.15) is 0 Å². The molecule has 1 heterocycles. The Hall–Kier alpha value is -3.26. The van der Waals surface area contributed by atoms with Crippen molar-refractivity contribution in [1.82, 2.24) is 14.9 Å². The lowest BCUT2D eigenvalue weighted by atomic mass is 9.83. The van der Waals surface area contributed by atoms with Crippen LogP contribution in [0.15, 0.2) is 47.8 Å². The maximum absolute atomic E-state index is 13.2. The first-order chi connectivity index (χ1) is 13.5. The van der Waals surface area contributed by atoms with Crippen molar-refractivity contribution in [2.75, 3.05) is 20.3 Å². The van der Waals surface area contributed by atoms with Crippen molar-refractivity contribution >= 4 is 23.2 Å². The minimum absolute atomic E-state index is 0.0284. The molecule has 1 aliphatic carbocycles. The summed E-state index contributed by atoms with van der Waals surface area (Å²) in [4.78, 5) is 52.4. The number of aliphatic imine (C=N–C) groups is 1. The summed E-state index contributed by atoms with van der Waals surface area (Å²) in [6.45, 7) is 1.84. The monoisotopic (exact) mass is 380 g/mol. The van der Waals surface area contributed by atoms with Crippen LogP contribution in [0.5, 0.6) is 0 Å². The Balaban J connectivity index is 2.07. The Morgan fingerprint density at radius 2 is 1.96 bits per heavy atom. The summed E-state index contributed by atoms with van der Waals surface area (Å²) in [6, 6.07) is 5.48. The molecule has 1 unspecified atom stereocenters. The van der Waals surface area contributed by atoms with E-state index in [1.807, 2.05) is 0 Å². The molecule has 2 aromatic rings. The van der Waals surface area contributed by atoms with Crippen LogP contribution in [-0.2, 0) is 16.1 Å². The molecule has 0 saturated carbocycles. The van der Waals surface area contributed by atoms with Crippen LogP contribution in [0.3, 0.4) is 0 Å². The van der Waals surface area contributed by atoms with E-state index in [0.29, 0.717) is 11.3 Å². The van der Waals surface area contributed by atoms with Gasteiger partial charge in [-0.15, -0.1) is 0 Å². The molecule has 8 heteroatoms. The zero-order valence-corrected chi connectivity index (χ0v) is 15.7. The summed E-state index contributed by atoms with van der Waals surface area (Å²) in [5.74, 6) is -1.04. The van der Waals surface area contributed by atoms with E-state index in [1.54, 1.807) is 24.3 Å². The van der Waals surface area contributed by atoms with Crippen molar-refractivity contribution in [2.45, 2.75) is 19.5 Å². The SMILES string of the molecule is COCCN(C(C)=O)C1C(=O)c2ccccc2C(=O)C1=NCc1cnccn1. The summed E-state index contributed by atoms with van der Waals surface area (Å²) in [6.07, 6.45) is 4.60. The highest BCUT2D eigenvalue weighted by Crippen LogP contribution is 2.24. The second kappa shape index (κ2) is 8.62. The molecule has 0 spiro atoms. The number of rotatable bonds is 6. The molecular formula is C20H20N4O4. The van der Waals surface area contributed by atoms with Crippen LogP contribution in [0.2, 0.25) is 0 Å². The molecule has 0 bridgehead atoms. The second-order valence-electron chi connectivity index (χ2n) is 6.24. The number of fused-ring (bicyclic) bond motifs is 1. The number of methoxy groups -OCH3 is 1. The van der Waals surface area contributed by atoms with Crippen LogP contribution < -0.4 is 0 Å². The fourth-order valence-electron chi connectivity index (χ4n) is 3.11. The van der Waals surface area contributed by atoms with Crippen LogP contribution in [0.1, 0.15) is 33.3 Å². The zero-order chi connectivity index (χ0) is 20.1. The molecule has 1 aromatic carbocycles. The smallest absolute Gasteiger partial charge is 0.220 e. The molecule has 1 aromatic heterocycles. The van der Waals surface area contributed by atoms with E-state index >= 15 is 0 Å². The average molecular weight is 380 g/mol. The van der Waals surface area contributed by atoms with Crippen molar-refractivity contribution in [3.63, 3.8) is 0 Å². The van der Waals surface area contributed by atoms with Gasteiger partial charge in [0.25, 0.3) is 0 Å². The number of Topliss-reactive ketones (excluding diaryl/α,β-unsaturated/α-hetero) is 2. The summed E-state index contributed by atoms with van der Waals surface area (Å²) in [5.41, 5.74) is 1.16. The quantitative estimate of drug-likeness (QED) is 0.750. The Morgan fingerprint density at radius 3 is 2.61 bits per heavy atom. The molecule has 0 aliphatic heterocycles. The number of carbonyl (C=O) groups excluding carboxylic acids is 3.